The van der Waals surface area contributed by atoms with E-state index in [1.807, 2.05) is 6.07 Å². The number of carbonyl (C=O) groups excluding carboxylic acids is 1. The number of amides is 1. The Morgan fingerprint density at radius 3 is 2.57 bits per heavy atom. The highest BCUT2D eigenvalue weighted by molar-refractivity contribution is 5.89. The number of benzene rings is 1. The Balaban J connectivity index is 1.94. The molecule has 21 heavy (non-hydrogen) atoms. The van der Waals surface area contributed by atoms with Gasteiger partial charge in [-0.25, -0.2) is 0 Å². The Kier molecular flexibility index (Phi) is 4.03. The molecule has 1 aliphatic carbocycles. The Morgan fingerprint density at radius 2 is 1.95 bits per heavy atom. The first-order valence-electron chi connectivity index (χ1n) is 8.33. The molecule has 3 rings (SSSR count). The van der Waals surface area contributed by atoms with Crippen molar-refractivity contribution in [3.05, 3.63) is 35.9 Å². The van der Waals surface area contributed by atoms with E-state index < -0.39 is 0 Å². The molecule has 0 bridgehead atoms. The predicted octanol–water partition coefficient (Wildman–Crippen LogP) is 3.62. The van der Waals surface area contributed by atoms with Crippen molar-refractivity contribution in [2.45, 2.75) is 70.1 Å². The SMILES string of the molecule is CCCC(C)N1C(=O)C2(CCCC2)NC1c1ccccc1. The summed E-state index contributed by atoms with van der Waals surface area (Å²) in [5.41, 5.74) is 0.917. The van der Waals surface area contributed by atoms with E-state index in [0.29, 0.717) is 11.9 Å². The smallest absolute Gasteiger partial charge is 0.244 e. The first-order valence-corrected chi connectivity index (χ1v) is 8.33. The second-order valence-electron chi connectivity index (χ2n) is 6.60. The lowest BCUT2D eigenvalue weighted by Gasteiger charge is -2.30. The highest BCUT2D eigenvalue weighted by Gasteiger charge is 2.53. The van der Waals surface area contributed by atoms with Gasteiger partial charge in [0, 0.05) is 6.04 Å². The third-order valence-electron chi connectivity index (χ3n) is 5.09. The molecule has 1 saturated heterocycles. The maximum Gasteiger partial charge on any atom is 0.244 e. The van der Waals surface area contributed by atoms with Crippen LogP contribution in [0, 0.1) is 0 Å². The molecule has 1 saturated carbocycles. The summed E-state index contributed by atoms with van der Waals surface area (Å²) in [6.45, 7) is 4.38. The second kappa shape index (κ2) is 5.80. The van der Waals surface area contributed by atoms with E-state index in [1.54, 1.807) is 0 Å². The summed E-state index contributed by atoms with van der Waals surface area (Å²) in [6, 6.07) is 10.7. The molecule has 0 aromatic heterocycles. The summed E-state index contributed by atoms with van der Waals surface area (Å²) in [6.07, 6.45) is 6.52. The lowest BCUT2D eigenvalue weighted by molar-refractivity contribution is -0.135. The number of nitrogens with zero attached hydrogens (tertiary/aromatic N) is 1. The Bertz CT molecular complexity index is 493. The molecule has 1 N–H and O–H groups in total. The van der Waals surface area contributed by atoms with E-state index in [2.05, 4.69) is 48.3 Å². The number of hydrogen-bond donors (Lipinski definition) is 1. The van der Waals surface area contributed by atoms with Crippen LogP contribution in [0.15, 0.2) is 30.3 Å². The Labute approximate surface area is 127 Å². The third kappa shape index (κ3) is 2.48. The number of nitrogens with one attached hydrogen (secondary N) is 1. The van der Waals surface area contributed by atoms with Crippen LogP contribution in [0.25, 0.3) is 0 Å². The lowest BCUT2D eigenvalue weighted by Crippen LogP contribution is -2.45. The van der Waals surface area contributed by atoms with Crippen LogP contribution in [0.1, 0.15) is 64.1 Å². The number of rotatable bonds is 4. The fourth-order valence-electron chi connectivity index (χ4n) is 3.98. The van der Waals surface area contributed by atoms with Gasteiger partial charge in [0.1, 0.15) is 6.17 Å². The quantitative estimate of drug-likeness (QED) is 0.917. The molecule has 2 unspecified atom stereocenters. The van der Waals surface area contributed by atoms with Crippen LogP contribution >= 0.6 is 0 Å². The maximum absolute atomic E-state index is 13.1. The molecule has 1 spiro atoms. The monoisotopic (exact) mass is 286 g/mol. The first-order chi connectivity index (χ1) is 10.2. The molecule has 1 heterocycles. The van der Waals surface area contributed by atoms with E-state index in [4.69, 9.17) is 0 Å². The van der Waals surface area contributed by atoms with Crippen molar-refractivity contribution in [2.75, 3.05) is 0 Å². The van der Waals surface area contributed by atoms with Gasteiger partial charge >= 0.3 is 0 Å². The molecule has 114 valence electrons. The predicted molar refractivity (Wildman–Crippen MR) is 84.7 cm³/mol. The maximum atomic E-state index is 13.1. The molecule has 0 radical (unpaired) electrons. The molecule has 1 aliphatic heterocycles. The largest absolute Gasteiger partial charge is 0.319 e. The zero-order chi connectivity index (χ0) is 14.9. The summed E-state index contributed by atoms with van der Waals surface area (Å²) in [5.74, 6) is 0.329. The van der Waals surface area contributed by atoms with Gasteiger partial charge in [-0.2, -0.15) is 0 Å². The minimum atomic E-state index is -0.289. The van der Waals surface area contributed by atoms with Gasteiger partial charge in [-0.05, 0) is 31.7 Å². The van der Waals surface area contributed by atoms with E-state index in [1.165, 1.54) is 5.56 Å². The topological polar surface area (TPSA) is 32.3 Å². The van der Waals surface area contributed by atoms with E-state index in [0.717, 1.165) is 38.5 Å². The van der Waals surface area contributed by atoms with Gasteiger partial charge in [0.15, 0.2) is 0 Å². The van der Waals surface area contributed by atoms with Crippen molar-refractivity contribution in [3.63, 3.8) is 0 Å². The molecule has 3 heteroatoms. The van der Waals surface area contributed by atoms with Crippen molar-refractivity contribution in [2.24, 2.45) is 0 Å². The van der Waals surface area contributed by atoms with Gasteiger partial charge in [0.05, 0.1) is 5.54 Å². The molecule has 2 atom stereocenters. The van der Waals surface area contributed by atoms with Gasteiger partial charge in [-0.3, -0.25) is 10.1 Å². The normalized spacial score (nSPS) is 25.7. The minimum Gasteiger partial charge on any atom is -0.319 e. The fraction of sp³-hybridized carbons (Fsp3) is 0.611. The van der Waals surface area contributed by atoms with E-state index in [-0.39, 0.29) is 11.7 Å². The Hall–Kier alpha value is -1.35. The molecule has 1 aromatic carbocycles. The van der Waals surface area contributed by atoms with Crippen molar-refractivity contribution >= 4 is 5.91 Å². The van der Waals surface area contributed by atoms with E-state index >= 15 is 0 Å². The summed E-state index contributed by atoms with van der Waals surface area (Å²) in [5, 5.41) is 3.70. The molecule has 1 aromatic rings. The molecule has 1 amide bonds. The van der Waals surface area contributed by atoms with Crippen molar-refractivity contribution in [1.82, 2.24) is 10.2 Å². The van der Waals surface area contributed by atoms with Gasteiger partial charge < -0.3 is 4.90 Å². The van der Waals surface area contributed by atoms with Crippen molar-refractivity contribution in [3.8, 4) is 0 Å². The molecule has 2 fully saturated rings. The first kappa shape index (κ1) is 14.6. The van der Waals surface area contributed by atoms with Crippen LogP contribution in [0.2, 0.25) is 0 Å². The zero-order valence-electron chi connectivity index (χ0n) is 13.1. The van der Waals surface area contributed by atoms with Gasteiger partial charge in [0.2, 0.25) is 5.91 Å². The Morgan fingerprint density at radius 1 is 1.29 bits per heavy atom. The van der Waals surface area contributed by atoms with Gasteiger partial charge in [-0.15, -0.1) is 0 Å². The molecule has 3 nitrogen and oxygen atoms in total. The number of hydrogen-bond acceptors (Lipinski definition) is 2. The highest BCUT2D eigenvalue weighted by atomic mass is 16.2. The summed E-state index contributed by atoms with van der Waals surface area (Å²) >= 11 is 0. The molecule has 2 aliphatic rings. The van der Waals surface area contributed by atoms with Crippen LogP contribution in [-0.2, 0) is 4.79 Å². The fourth-order valence-corrected chi connectivity index (χ4v) is 3.98. The van der Waals surface area contributed by atoms with Crippen LogP contribution in [0.3, 0.4) is 0 Å². The standard InChI is InChI=1S/C18H26N2O/c1-3-9-14(2)20-16(15-10-5-4-6-11-15)19-18(17(20)21)12-7-8-13-18/h4-6,10-11,14,16,19H,3,7-9,12-13H2,1-2H3. The second-order valence-corrected chi connectivity index (χ2v) is 6.60. The van der Waals surface area contributed by atoms with Gasteiger partial charge in [0.25, 0.3) is 0 Å². The third-order valence-corrected chi connectivity index (χ3v) is 5.09. The van der Waals surface area contributed by atoms with Crippen LogP contribution in [-0.4, -0.2) is 22.4 Å². The molecular formula is C18H26N2O. The average molecular weight is 286 g/mol. The minimum absolute atomic E-state index is 0.0401. The summed E-state index contributed by atoms with van der Waals surface area (Å²) < 4.78 is 0. The highest BCUT2D eigenvalue weighted by Crippen LogP contribution is 2.42. The zero-order valence-corrected chi connectivity index (χ0v) is 13.1. The average Bonchev–Trinajstić information content (AvgIpc) is 3.08. The lowest BCUT2D eigenvalue weighted by atomic mass is 9.97. The van der Waals surface area contributed by atoms with Crippen LogP contribution in [0.4, 0.5) is 0 Å². The molecular weight excluding hydrogens is 260 g/mol. The van der Waals surface area contributed by atoms with E-state index in [9.17, 15) is 4.79 Å². The van der Waals surface area contributed by atoms with Crippen molar-refractivity contribution < 1.29 is 4.79 Å². The number of carbonyl (C=O) groups is 1. The van der Waals surface area contributed by atoms with Crippen LogP contribution < -0.4 is 5.32 Å². The summed E-state index contributed by atoms with van der Waals surface area (Å²) in [7, 11) is 0. The van der Waals surface area contributed by atoms with Crippen LogP contribution in [0.5, 0.6) is 0 Å². The summed E-state index contributed by atoms with van der Waals surface area (Å²) in [4.78, 5) is 15.2. The van der Waals surface area contributed by atoms with Crippen molar-refractivity contribution in [1.29, 1.82) is 0 Å². The van der Waals surface area contributed by atoms with Gasteiger partial charge in [-0.1, -0.05) is 56.5 Å².